The van der Waals surface area contributed by atoms with Crippen molar-refractivity contribution in [3.63, 3.8) is 0 Å². The molecule has 6 nitrogen and oxygen atoms in total. The van der Waals surface area contributed by atoms with Crippen LogP contribution >= 0.6 is 0 Å². The molecule has 0 bridgehead atoms. The van der Waals surface area contributed by atoms with Gasteiger partial charge in [-0.15, -0.1) is 0 Å². The number of pyridine rings is 1. The molecule has 154 valence electrons. The van der Waals surface area contributed by atoms with Crippen LogP contribution in [-0.2, 0) is 22.3 Å². The maximum atomic E-state index is 12.9. The number of carbonyl (C=O) groups is 2. The van der Waals surface area contributed by atoms with E-state index in [0.717, 1.165) is 11.8 Å². The van der Waals surface area contributed by atoms with Gasteiger partial charge < -0.3 is 14.4 Å². The molecule has 29 heavy (non-hydrogen) atoms. The first kappa shape index (κ1) is 20.6. The van der Waals surface area contributed by atoms with E-state index >= 15 is 0 Å². The highest BCUT2D eigenvalue weighted by Gasteiger charge is 2.35. The highest BCUT2D eigenvalue weighted by Crippen LogP contribution is 2.28. The zero-order valence-corrected chi connectivity index (χ0v) is 15.7. The molecular weight excluding hydrogens is 387 g/mol. The lowest BCUT2D eigenvalue weighted by Crippen LogP contribution is -2.53. The number of benzene rings is 1. The summed E-state index contributed by atoms with van der Waals surface area (Å²) in [5.41, 5.74) is -1.02. The largest absolute Gasteiger partial charge is 0.417 e. The lowest BCUT2D eigenvalue weighted by molar-refractivity contribution is -0.140. The summed E-state index contributed by atoms with van der Waals surface area (Å²) in [5.74, 6) is -0.866. The van der Waals surface area contributed by atoms with Gasteiger partial charge in [-0.25, -0.2) is 0 Å². The van der Waals surface area contributed by atoms with Crippen molar-refractivity contribution in [1.82, 2.24) is 9.47 Å². The molecule has 0 N–H and O–H groups in total. The van der Waals surface area contributed by atoms with E-state index in [2.05, 4.69) is 0 Å². The Labute approximate surface area is 165 Å². The third-order valence-electron chi connectivity index (χ3n) is 4.96. The molecule has 9 heteroatoms. The summed E-state index contributed by atoms with van der Waals surface area (Å²) < 4.78 is 39.4. The molecule has 1 aromatic heterocycles. The number of amides is 2. The number of rotatable bonds is 4. The molecule has 2 aromatic rings. The van der Waals surface area contributed by atoms with Crippen LogP contribution < -0.4 is 10.5 Å². The highest BCUT2D eigenvalue weighted by atomic mass is 19.4. The fraction of sp³-hybridized carbons (Fsp3) is 0.350. The number of likely N-dealkylation sites (N-methyl/N-ethyl adjacent to an activating group) is 1. The minimum Gasteiger partial charge on any atom is -0.332 e. The monoisotopic (exact) mass is 407 g/mol. The maximum absolute atomic E-state index is 12.9. The molecule has 2 heterocycles. The maximum Gasteiger partial charge on any atom is 0.417 e. The van der Waals surface area contributed by atoms with Gasteiger partial charge in [0.05, 0.1) is 5.56 Å². The van der Waals surface area contributed by atoms with Crippen molar-refractivity contribution in [2.45, 2.75) is 31.6 Å². The quantitative estimate of drug-likeness (QED) is 0.783. The number of para-hydroxylation sites is 1. The van der Waals surface area contributed by atoms with Gasteiger partial charge in [0, 0.05) is 31.5 Å². The van der Waals surface area contributed by atoms with Crippen LogP contribution in [0.25, 0.3) is 0 Å². The van der Waals surface area contributed by atoms with Crippen molar-refractivity contribution in [3.8, 4) is 0 Å². The van der Waals surface area contributed by atoms with Gasteiger partial charge in [0.1, 0.15) is 12.6 Å². The molecule has 1 aromatic carbocycles. The molecule has 0 radical (unpaired) electrons. The molecule has 1 atom stereocenters. The number of piperidine rings is 1. The van der Waals surface area contributed by atoms with E-state index in [-0.39, 0.29) is 5.91 Å². The second kappa shape index (κ2) is 8.10. The van der Waals surface area contributed by atoms with Gasteiger partial charge >= 0.3 is 6.18 Å². The lowest BCUT2D eigenvalue weighted by Gasteiger charge is -2.37. The Balaban J connectivity index is 1.76. The standard InChI is InChI=1S/C20H20F3N3O3/c1-24(16-8-5-11-26(19(16)29)15-6-3-2-4-7-15)18(28)13-25-12-14(20(21,22)23)9-10-17(25)27/h2-4,6-7,9-10,12,16H,5,8,11,13H2,1H3. The lowest BCUT2D eigenvalue weighted by atomic mass is 10.0. The van der Waals surface area contributed by atoms with Gasteiger partial charge in [0.2, 0.25) is 11.8 Å². The SMILES string of the molecule is CN(C(=O)Cn1cc(C(F)(F)F)ccc1=O)C1CCCN(c2ccccc2)C1=O. The third-order valence-corrected chi connectivity index (χ3v) is 4.96. The van der Waals surface area contributed by atoms with E-state index < -0.39 is 35.8 Å². The number of aromatic nitrogens is 1. The highest BCUT2D eigenvalue weighted by molar-refractivity contribution is 5.99. The predicted molar refractivity (Wildman–Crippen MR) is 100 cm³/mol. The van der Waals surface area contributed by atoms with Crippen LogP contribution in [-0.4, -0.2) is 40.9 Å². The minimum absolute atomic E-state index is 0.255. The first-order valence-electron chi connectivity index (χ1n) is 9.08. The molecule has 1 saturated heterocycles. The summed E-state index contributed by atoms with van der Waals surface area (Å²) >= 11 is 0. The van der Waals surface area contributed by atoms with E-state index in [4.69, 9.17) is 0 Å². The van der Waals surface area contributed by atoms with Gasteiger partial charge in [-0.05, 0) is 31.0 Å². The van der Waals surface area contributed by atoms with Gasteiger partial charge in [-0.1, -0.05) is 18.2 Å². The predicted octanol–water partition coefficient (Wildman–Crippen LogP) is 2.52. The van der Waals surface area contributed by atoms with Crippen LogP contribution in [0.1, 0.15) is 18.4 Å². The van der Waals surface area contributed by atoms with E-state index in [1.807, 2.05) is 6.07 Å². The molecule has 0 aliphatic carbocycles. The summed E-state index contributed by atoms with van der Waals surface area (Å²) in [4.78, 5) is 40.2. The van der Waals surface area contributed by atoms with Gasteiger partial charge in [0.25, 0.3) is 5.56 Å². The summed E-state index contributed by atoms with van der Waals surface area (Å²) in [7, 11) is 1.43. The molecule has 2 amide bonds. The summed E-state index contributed by atoms with van der Waals surface area (Å²) in [6, 6.07) is 9.75. The van der Waals surface area contributed by atoms with Crippen LogP contribution in [0.4, 0.5) is 18.9 Å². The molecular formula is C20H20F3N3O3. The second-order valence-electron chi connectivity index (χ2n) is 6.87. The van der Waals surface area contributed by atoms with Crippen molar-refractivity contribution < 1.29 is 22.8 Å². The van der Waals surface area contributed by atoms with E-state index in [1.165, 1.54) is 11.9 Å². The third kappa shape index (κ3) is 4.49. The average molecular weight is 407 g/mol. The Morgan fingerprint density at radius 3 is 2.48 bits per heavy atom. The van der Waals surface area contributed by atoms with Gasteiger partial charge in [0.15, 0.2) is 0 Å². The molecule has 1 unspecified atom stereocenters. The van der Waals surface area contributed by atoms with Crippen LogP contribution in [0.2, 0.25) is 0 Å². The van der Waals surface area contributed by atoms with Crippen molar-refractivity contribution in [1.29, 1.82) is 0 Å². The fourth-order valence-electron chi connectivity index (χ4n) is 3.33. The normalized spacial score (nSPS) is 17.3. The van der Waals surface area contributed by atoms with Crippen LogP contribution in [0.5, 0.6) is 0 Å². The second-order valence-corrected chi connectivity index (χ2v) is 6.87. The number of halogens is 3. The first-order chi connectivity index (χ1) is 13.7. The summed E-state index contributed by atoms with van der Waals surface area (Å²) in [5, 5.41) is 0. The number of nitrogens with zero attached hydrogens (tertiary/aromatic N) is 3. The van der Waals surface area contributed by atoms with Gasteiger partial charge in [-0.2, -0.15) is 13.2 Å². The van der Waals surface area contributed by atoms with Crippen LogP contribution in [0.15, 0.2) is 53.5 Å². The van der Waals surface area contributed by atoms with Crippen molar-refractivity contribution >= 4 is 17.5 Å². The smallest absolute Gasteiger partial charge is 0.332 e. The average Bonchev–Trinajstić information content (AvgIpc) is 2.69. The van der Waals surface area contributed by atoms with Crippen molar-refractivity contribution in [2.24, 2.45) is 0 Å². The molecule has 1 fully saturated rings. The zero-order valence-electron chi connectivity index (χ0n) is 15.7. The zero-order chi connectivity index (χ0) is 21.2. The molecule has 0 saturated carbocycles. The minimum atomic E-state index is -4.63. The first-order valence-corrected chi connectivity index (χ1v) is 9.08. The van der Waals surface area contributed by atoms with E-state index in [9.17, 15) is 27.6 Å². The van der Waals surface area contributed by atoms with Crippen LogP contribution in [0, 0.1) is 0 Å². The number of hydrogen-bond donors (Lipinski definition) is 0. The Hall–Kier alpha value is -3.10. The number of hydrogen-bond acceptors (Lipinski definition) is 3. The number of alkyl halides is 3. The molecule has 3 rings (SSSR count). The van der Waals surface area contributed by atoms with Crippen LogP contribution in [0.3, 0.4) is 0 Å². The van der Waals surface area contributed by atoms with Crippen molar-refractivity contribution in [2.75, 3.05) is 18.5 Å². The van der Waals surface area contributed by atoms with E-state index in [1.54, 1.807) is 29.2 Å². The Morgan fingerprint density at radius 2 is 1.83 bits per heavy atom. The van der Waals surface area contributed by atoms with Crippen molar-refractivity contribution in [3.05, 3.63) is 64.6 Å². The molecule has 0 spiro atoms. The topological polar surface area (TPSA) is 62.6 Å². The molecule has 1 aliphatic heterocycles. The fourth-order valence-corrected chi connectivity index (χ4v) is 3.33. The summed E-state index contributed by atoms with van der Waals surface area (Å²) in [6.07, 6.45) is -2.89. The van der Waals surface area contributed by atoms with E-state index in [0.29, 0.717) is 36.2 Å². The Kier molecular flexibility index (Phi) is 5.76. The number of anilines is 1. The summed E-state index contributed by atoms with van der Waals surface area (Å²) in [6.45, 7) is -0.0527. The van der Waals surface area contributed by atoms with Gasteiger partial charge in [-0.3, -0.25) is 14.4 Å². The number of carbonyl (C=O) groups excluding carboxylic acids is 2. The Bertz CT molecular complexity index is 957. The molecule has 1 aliphatic rings. The Morgan fingerprint density at radius 1 is 1.14 bits per heavy atom.